The zero-order chi connectivity index (χ0) is 16.6. The number of imide groups is 3. The number of carbonyl (C=O) groups excluding carboxylic acids is 3. The van der Waals surface area contributed by atoms with Crippen molar-refractivity contribution in [1.29, 1.82) is 0 Å². The van der Waals surface area contributed by atoms with Gasteiger partial charge in [0.05, 0.1) is 11.1 Å². The van der Waals surface area contributed by atoms with E-state index in [1.54, 1.807) is 36.4 Å². The van der Waals surface area contributed by atoms with Gasteiger partial charge in [0.1, 0.15) is 0 Å². The van der Waals surface area contributed by atoms with Crippen LogP contribution in [0.4, 0.5) is 0 Å². The molecule has 0 aromatic heterocycles. The summed E-state index contributed by atoms with van der Waals surface area (Å²) in [6.45, 7) is 4.21. The number of hydrogen-bond donors (Lipinski definition) is 0. The first-order valence-electron chi connectivity index (χ1n) is 7.66. The molecule has 4 nitrogen and oxygen atoms in total. The highest BCUT2D eigenvalue weighted by Crippen LogP contribution is 2.25. The summed E-state index contributed by atoms with van der Waals surface area (Å²) in [4.78, 5) is 38.0. The highest BCUT2D eigenvalue weighted by molar-refractivity contribution is 6.31. The van der Waals surface area contributed by atoms with Crippen LogP contribution in [0.2, 0.25) is 0 Å². The number of hydrogen-bond acceptors (Lipinski definition) is 3. The molecule has 0 fully saturated rings. The third kappa shape index (κ3) is 2.46. The Morgan fingerprint density at radius 3 is 1.96 bits per heavy atom. The summed E-state index contributed by atoms with van der Waals surface area (Å²) in [5, 5.41) is 0. The molecular formula is C19H17NO3. The van der Waals surface area contributed by atoms with Crippen molar-refractivity contribution in [2.45, 2.75) is 26.2 Å². The van der Waals surface area contributed by atoms with E-state index in [2.05, 4.69) is 13.8 Å². The van der Waals surface area contributed by atoms with Gasteiger partial charge in [0.15, 0.2) is 0 Å². The van der Waals surface area contributed by atoms with Gasteiger partial charge in [-0.2, -0.15) is 0 Å². The smallest absolute Gasteiger partial charge is 0.268 e. The monoisotopic (exact) mass is 307 g/mol. The fourth-order valence-corrected chi connectivity index (χ4v) is 2.69. The zero-order valence-corrected chi connectivity index (χ0v) is 13.1. The van der Waals surface area contributed by atoms with Crippen LogP contribution in [-0.4, -0.2) is 22.6 Å². The van der Waals surface area contributed by atoms with E-state index in [4.69, 9.17) is 0 Å². The first-order chi connectivity index (χ1) is 11.0. The van der Waals surface area contributed by atoms with Gasteiger partial charge < -0.3 is 0 Å². The second-order valence-corrected chi connectivity index (χ2v) is 5.73. The van der Waals surface area contributed by atoms with Gasteiger partial charge >= 0.3 is 0 Å². The number of carbonyl (C=O) groups is 3. The Bertz CT molecular complexity index is 758. The number of rotatable bonds is 3. The molecule has 2 aromatic carbocycles. The molecule has 0 saturated carbocycles. The molecule has 1 heterocycles. The van der Waals surface area contributed by atoms with Crippen LogP contribution in [0.3, 0.4) is 0 Å². The number of fused-ring (bicyclic) bond motifs is 1. The minimum absolute atomic E-state index is 0.280. The van der Waals surface area contributed by atoms with Crippen LogP contribution >= 0.6 is 0 Å². The van der Waals surface area contributed by atoms with Crippen LogP contribution < -0.4 is 0 Å². The summed E-state index contributed by atoms with van der Waals surface area (Å²) in [5.41, 5.74) is 2.03. The van der Waals surface area contributed by atoms with E-state index in [0.717, 1.165) is 16.9 Å². The Labute approximate surface area is 134 Å². The topological polar surface area (TPSA) is 54.5 Å². The number of nitrogens with zero attached hydrogens (tertiary/aromatic N) is 1. The molecule has 116 valence electrons. The lowest BCUT2D eigenvalue weighted by molar-refractivity contribution is 0.0566. The van der Waals surface area contributed by atoms with Crippen LogP contribution in [0.25, 0.3) is 0 Å². The standard InChI is InChI=1S/C19H17NO3/c1-3-12(2)13-8-10-14(11-9-13)17(21)20-18(22)15-6-4-5-7-16(15)19(20)23/h4-12H,3H2,1-2H3. The Morgan fingerprint density at radius 1 is 0.957 bits per heavy atom. The van der Waals surface area contributed by atoms with Crippen molar-refractivity contribution in [3.8, 4) is 0 Å². The van der Waals surface area contributed by atoms with Crippen molar-refractivity contribution < 1.29 is 14.4 Å². The molecule has 1 aliphatic rings. The average Bonchev–Trinajstić information content (AvgIpc) is 2.85. The van der Waals surface area contributed by atoms with Gasteiger partial charge in [-0.15, -0.1) is 0 Å². The lowest BCUT2D eigenvalue weighted by atomic mass is 9.97. The summed E-state index contributed by atoms with van der Waals surface area (Å²) in [7, 11) is 0. The SMILES string of the molecule is CCC(C)c1ccc(C(=O)N2C(=O)c3ccccc3C2=O)cc1. The van der Waals surface area contributed by atoms with E-state index in [-0.39, 0.29) is 11.1 Å². The molecule has 0 spiro atoms. The molecule has 0 saturated heterocycles. The summed E-state index contributed by atoms with van der Waals surface area (Å²) in [5.74, 6) is -1.28. The van der Waals surface area contributed by atoms with Crippen molar-refractivity contribution in [1.82, 2.24) is 4.90 Å². The van der Waals surface area contributed by atoms with Crippen LogP contribution in [0.5, 0.6) is 0 Å². The number of benzene rings is 2. The molecule has 0 aliphatic carbocycles. The van der Waals surface area contributed by atoms with Gasteiger partial charge in [-0.1, -0.05) is 38.1 Å². The first-order valence-corrected chi connectivity index (χ1v) is 7.66. The van der Waals surface area contributed by atoms with Crippen molar-refractivity contribution in [3.63, 3.8) is 0 Å². The highest BCUT2D eigenvalue weighted by Gasteiger charge is 2.39. The van der Waals surface area contributed by atoms with E-state index in [0.29, 0.717) is 11.5 Å². The van der Waals surface area contributed by atoms with Gasteiger partial charge in [-0.3, -0.25) is 14.4 Å². The van der Waals surface area contributed by atoms with Crippen molar-refractivity contribution in [3.05, 3.63) is 70.8 Å². The van der Waals surface area contributed by atoms with Crippen LogP contribution in [0.15, 0.2) is 48.5 Å². The maximum absolute atomic E-state index is 12.6. The van der Waals surface area contributed by atoms with Gasteiger partial charge in [0.2, 0.25) is 0 Å². The third-order valence-electron chi connectivity index (χ3n) is 4.34. The maximum Gasteiger partial charge on any atom is 0.268 e. The molecule has 1 unspecified atom stereocenters. The number of amides is 3. The van der Waals surface area contributed by atoms with Crippen molar-refractivity contribution in [2.75, 3.05) is 0 Å². The van der Waals surface area contributed by atoms with Crippen LogP contribution in [0.1, 0.15) is 62.8 Å². The minimum Gasteiger partial charge on any atom is -0.268 e. The van der Waals surface area contributed by atoms with E-state index < -0.39 is 17.7 Å². The Hall–Kier alpha value is -2.75. The van der Waals surface area contributed by atoms with Gasteiger partial charge in [-0.25, -0.2) is 4.90 Å². The molecule has 3 rings (SSSR count). The predicted molar refractivity (Wildman–Crippen MR) is 86.4 cm³/mol. The molecule has 23 heavy (non-hydrogen) atoms. The molecule has 2 aromatic rings. The van der Waals surface area contributed by atoms with E-state index in [1.807, 2.05) is 12.1 Å². The van der Waals surface area contributed by atoms with Crippen LogP contribution in [0, 0.1) is 0 Å². The fourth-order valence-electron chi connectivity index (χ4n) is 2.69. The lowest BCUT2D eigenvalue weighted by Gasteiger charge is -2.13. The second kappa shape index (κ2) is 5.80. The Balaban J connectivity index is 1.90. The molecule has 1 aliphatic heterocycles. The molecular weight excluding hydrogens is 290 g/mol. The second-order valence-electron chi connectivity index (χ2n) is 5.73. The van der Waals surface area contributed by atoms with Gasteiger partial charge in [0.25, 0.3) is 17.7 Å². The summed E-state index contributed by atoms with van der Waals surface area (Å²) in [6, 6.07) is 13.6. The van der Waals surface area contributed by atoms with Crippen molar-refractivity contribution >= 4 is 17.7 Å². The Morgan fingerprint density at radius 2 is 1.48 bits per heavy atom. The maximum atomic E-state index is 12.6. The molecule has 0 radical (unpaired) electrons. The summed E-state index contributed by atoms with van der Waals surface area (Å²) in [6.07, 6.45) is 1.01. The summed E-state index contributed by atoms with van der Waals surface area (Å²) < 4.78 is 0. The summed E-state index contributed by atoms with van der Waals surface area (Å²) >= 11 is 0. The fraction of sp³-hybridized carbons (Fsp3) is 0.211. The largest absolute Gasteiger partial charge is 0.268 e. The molecule has 4 heteroatoms. The van der Waals surface area contributed by atoms with Gasteiger partial charge in [0, 0.05) is 5.56 Å². The quantitative estimate of drug-likeness (QED) is 0.814. The van der Waals surface area contributed by atoms with Crippen LogP contribution in [-0.2, 0) is 0 Å². The molecule has 3 amide bonds. The normalized spacial score (nSPS) is 14.8. The van der Waals surface area contributed by atoms with E-state index in [9.17, 15) is 14.4 Å². The molecule has 1 atom stereocenters. The van der Waals surface area contributed by atoms with E-state index in [1.165, 1.54) is 0 Å². The first kappa shape index (κ1) is 15.2. The van der Waals surface area contributed by atoms with Crippen molar-refractivity contribution in [2.24, 2.45) is 0 Å². The zero-order valence-electron chi connectivity index (χ0n) is 13.1. The minimum atomic E-state index is -0.577. The lowest BCUT2D eigenvalue weighted by Crippen LogP contribution is -2.36. The highest BCUT2D eigenvalue weighted by atomic mass is 16.2. The van der Waals surface area contributed by atoms with E-state index >= 15 is 0 Å². The average molecular weight is 307 g/mol. The third-order valence-corrected chi connectivity index (χ3v) is 4.34. The van der Waals surface area contributed by atoms with Gasteiger partial charge in [-0.05, 0) is 42.2 Å². The molecule has 0 bridgehead atoms. The predicted octanol–water partition coefficient (Wildman–Crippen LogP) is 3.64. The Kier molecular flexibility index (Phi) is 3.82. The molecule has 0 N–H and O–H groups in total.